The summed E-state index contributed by atoms with van der Waals surface area (Å²) in [6.45, 7) is -0.306. The highest BCUT2D eigenvalue weighted by atomic mass is 16.4. The van der Waals surface area contributed by atoms with Crippen LogP contribution in [0.4, 0.5) is 0 Å². The molecule has 2 unspecified atom stereocenters. The van der Waals surface area contributed by atoms with Crippen LogP contribution in [0.2, 0.25) is 0 Å². The number of aliphatic hydroxyl groups excluding tert-OH is 6. The molecule has 234 valence electrons. The number of rotatable bonds is 15. The predicted octanol–water partition coefficient (Wildman–Crippen LogP) is 1.85. The van der Waals surface area contributed by atoms with Crippen LogP contribution in [0.5, 0.6) is 0 Å². The minimum atomic E-state index is -2.36. The van der Waals surface area contributed by atoms with E-state index < -0.39 is 35.6 Å². The van der Waals surface area contributed by atoms with Crippen LogP contribution in [0.3, 0.4) is 0 Å². The fourth-order valence-corrected chi connectivity index (χ4v) is 5.59. The second-order valence-corrected chi connectivity index (χ2v) is 11.6. The number of hydrogen-bond acceptors (Lipinski definition) is 8. The SMILES string of the molecule is OCc1ccc(CC(O)[C@](O)(Cc2ccccc2)[C@@H](O)[C@H](O)[C@@](O)(Cc2ccccc2)C(O)Cc2ccc(CO)cc2)cc1. The zero-order chi connectivity index (χ0) is 31.7. The largest absolute Gasteiger partial charge is 0.392 e. The summed E-state index contributed by atoms with van der Waals surface area (Å²) in [6.07, 6.45) is -8.13. The van der Waals surface area contributed by atoms with E-state index >= 15 is 0 Å². The Morgan fingerprint density at radius 2 is 0.705 bits per heavy atom. The smallest absolute Gasteiger partial charge is 0.123 e. The molecule has 4 rings (SSSR count). The summed E-state index contributed by atoms with van der Waals surface area (Å²) in [5.41, 5.74) is -0.984. The Hall–Kier alpha value is -3.44. The lowest BCUT2D eigenvalue weighted by Crippen LogP contribution is -2.67. The van der Waals surface area contributed by atoms with E-state index in [4.69, 9.17) is 0 Å². The summed E-state index contributed by atoms with van der Waals surface area (Å²) in [4.78, 5) is 0. The first kappa shape index (κ1) is 33.5. The van der Waals surface area contributed by atoms with E-state index in [1.54, 1.807) is 109 Å². The van der Waals surface area contributed by atoms with Crippen LogP contribution in [0.15, 0.2) is 109 Å². The molecule has 8 nitrogen and oxygen atoms in total. The molecule has 0 radical (unpaired) electrons. The van der Waals surface area contributed by atoms with Crippen LogP contribution in [-0.4, -0.2) is 76.5 Å². The van der Waals surface area contributed by atoms with Gasteiger partial charge in [0, 0.05) is 25.7 Å². The van der Waals surface area contributed by atoms with Crippen LogP contribution >= 0.6 is 0 Å². The highest BCUT2D eigenvalue weighted by molar-refractivity contribution is 5.27. The fraction of sp³-hybridized carbons (Fsp3) is 0.333. The van der Waals surface area contributed by atoms with Gasteiger partial charge in [0.15, 0.2) is 0 Å². The molecule has 0 heterocycles. The van der Waals surface area contributed by atoms with Gasteiger partial charge in [-0.3, -0.25) is 0 Å². The average Bonchev–Trinajstić information content (AvgIpc) is 3.05. The van der Waals surface area contributed by atoms with Crippen molar-refractivity contribution in [3.05, 3.63) is 143 Å². The Bertz CT molecular complexity index is 1300. The molecule has 4 aromatic carbocycles. The molecule has 0 spiro atoms. The van der Waals surface area contributed by atoms with Crippen molar-refractivity contribution in [2.24, 2.45) is 0 Å². The second kappa shape index (κ2) is 15.0. The summed E-state index contributed by atoms with van der Waals surface area (Å²) in [6, 6.07) is 30.9. The molecule has 44 heavy (non-hydrogen) atoms. The van der Waals surface area contributed by atoms with Crippen molar-refractivity contribution < 1.29 is 40.9 Å². The van der Waals surface area contributed by atoms with Crippen molar-refractivity contribution in [3.63, 3.8) is 0 Å². The van der Waals surface area contributed by atoms with Gasteiger partial charge in [0.05, 0.1) is 25.4 Å². The Labute approximate surface area is 257 Å². The third-order valence-corrected chi connectivity index (χ3v) is 8.41. The van der Waals surface area contributed by atoms with E-state index in [9.17, 15) is 40.9 Å². The van der Waals surface area contributed by atoms with Gasteiger partial charge in [0.25, 0.3) is 0 Å². The van der Waals surface area contributed by atoms with Crippen molar-refractivity contribution >= 4 is 0 Å². The normalized spacial score (nSPS) is 17.2. The molecule has 0 saturated heterocycles. The third-order valence-electron chi connectivity index (χ3n) is 8.41. The van der Waals surface area contributed by atoms with Crippen LogP contribution in [0.1, 0.15) is 33.4 Å². The minimum Gasteiger partial charge on any atom is -0.392 e. The highest BCUT2D eigenvalue weighted by Gasteiger charge is 2.54. The molecule has 0 aliphatic carbocycles. The van der Waals surface area contributed by atoms with E-state index in [1.165, 1.54) is 0 Å². The summed E-state index contributed by atoms with van der Waals surface area (Å²) in [5, 5.41) is 89.3. The first-order chi connectivity index (χ1) is 21.1. The number of aliphatic hydroxyl groups is 8. The van der Waals surface area contributed by atoms with Crippen LogP contribution in [-0.2, 0) is 38.9 Å². The molecular weight excluding hydrogens is 560 g/mol. The summed E-state index contributed by atoms with van der Waals surface area (Å²) >= 11 is 0. The molecular formula is C36H42O8. The quantitative estimate of drug-likeness (QED) is 0.102. The fourth-order valence-electron chi connectivity index (χ4n) is 5.59. The lowest BCUT2D eigenvalue weighted by molar-refractivity contribution is -0.232. The van der Waals surface area contributed by atoms with Crippen molar-refractivity contribution in [2.75, 3.05) is 0 Å². The number of hydrogen-bond donors (Lipinski definition) is 8. The topological polar surface area (TPSA) is 162 Å². The van der Waals surface area contributed by atoms with Crippen molar-refractivity contribution in [1.29, 1.82) is 0 Å². The Morgan fingerprint density at radius 3 is 1.00 bits per heavy atom. The molecule has 0 aromatic heterocycles. The van der Waals surface area contributed by atoms with Gasteiger partial charge in [-0.2, -0.15) is 0 Å². The molecule has 0 aliphatic heterocycles. The first-order valence-electron chi connectivity index (χ1n) is 14.7. The Kier molecular flexibility index (Phi) is 11.4. The van der Waals surface area contributed by atoms with E-state index in [0.717, 1.165) is 0 Å². The third kappa shape index (κ3) is 7.98. The molecule has 0 aliphatic rings. The Balaban J connectivity index is 1.69. The molecule has 0 amide bonds. The van der Waals surface area contributed by atoms with Crippen molar-refractivity contribution in [3.8, 4) is 0 Å². The summed E-state index contributed by atoms with van der Waals surface area (Å²) in [5.74, 6) is 0. The zero-order valence-electron chi connectivity index (χ0n) is 24.5. The molecule has 6 atom stereocenters. The molecule has 0 fully saturated rings. The highest BCUT2D eigenvalue weighted by Crippen LogP contribution is 2.34. The average molecular weight is 603 g/mol. The maximum atomic E-state index is 12.1. The monoisotopic (exact) mass is 602 g/mol. The molecule has 0 bridgehead atoms. The molecule has 8 heteroatoms. The number of benzene rings is 4. The van der Waals surface area contributed by atoms with Gasteiger partial charge >= 0.3 is 0 Å². The molecule has 0 saturated carbocycles. The maximum Gasteiger partial charge on any atom is 0.123 e. The maximum absolute atomic E-state index is 12.1. The van der Waals surface area contributed by atoms with Gasteiger partial charge in [-0.15, -0.1) is 0 Å². The molecule has 8 N–H and O–H groups in total. The van der Waals surface area contributed by atoms with Crippen molar-refractivity contribution in [1.82, 2.24) is 0 Å². The summed E-state index contributed by atoms with van der Waals surface area (Å²) in [7, 11) is 0. The van der Waals surface area contributed by atoms with Gasteiger partial charge in [0.2, 0.25) is 0 Å². The summed E-state index contributed by atoms with van der Waals surface area (Å²) < 4.78 is 0. The minimum absolute atomic E-state index is 0.101. The van der Waals surface area contributed by atoms with Gasteiger partial charge < -0.3 is 40.9 Å². The Morgan fingerprint density at radius 1 is 0.409 bits per heavy atom. The van der Waals surface area contributed by atoms with Crippen LogP contribution < -0.4 is 0 Å². The van der Waals surface area contributed by atoms with Crippen LogP contribution in [0.25, 0.3) is 0 Å². The zero-order valence-corrected chi connectivity index (χ0v) is 24.5. The lowest BCUT2D eigenvalue weighted by atomic mass is 9.72. The van der Waals surface area contributed by atoms with Gasteiger partial charge in [-0.25, -0.2) is 0 Å². The van der Waals surface area contributed by atoms with E-state index in [-0.39, 0.29) is 38.9 Å². The standard InChI is InChI=1S/C36H42O8/c37-23-29-15-11-25(12-16-29)19-31(39)35(43,21-27-7-3-1-4-8-27)33(41)34(42)36(44,22-28-9-5-2-6-10-28)32(40)20-26-13-17-30(24-38)18-14-26/h1-18,31-34,37-44H,19-24H2/t31?,32?,33-,34-,35+,36+/m0/s1. The van der Waals surface area contributed by atoms with Gasteiger partial charge in [0.1, 0.15) is 23.4 Å². The molecule has 4 aromatic rings. The predicted molar refractivity (Wildman–Crippen MR) is 166 cm³/mol. The first-order valence-corrected chi connectivity index (χ1v) is 14.7. The van der Waals surface area contributed by atoms with E-state index in [2.05, 4.69) is 0 Å². The van der Waals surface area contributed by atoms with Crippen LogP contribution in [0, 0.1) is 0 Å². The van der Waals surface area contributed by atoms with Gasteiger partial charge in [-0.05, 0) is 33.4 Å². The lowest BCUT2D eigenvalue weighted by Gasteiger charge is -2.46. The van der Waals surface area contributed by atoms with Crippen molar-refractivity contribution in [2.45, 2.75) is 74.5 Å². The second-order valence-electron chi connectivity index (χ2n) is 11.6. The van der Waals surface area contributed by atoms with Gasteiger partial charge in [-0.1, -0.05) is 109 Å². The van der Waals surface area contributed by atoms with E-state index in [1.807, 2.05) is 0 Å². The van der Waals surface area contributed by atoms with E-state index in [0.29, 0.717) is 33.4 Å².